The Balaban J connectivity index is 1.75. The quantitative estimate of drug-likeness (QED) is 0.529. The number of hydrogen-bond acceptors (Lipinski definition) is 6. The van der Waals surface area contributed by atoms with Crippen molar-refractivity contribution in [2.24, 2.45) is 11.3 Å². The first kappa shape index (κ1) is 24.9. The Bertz CT molecular complexity index is 1230. The van der Waals surface area contributed by atoms with Gasteiger partial charge in [-0.25, -0.2) is 4.79 Å². The van der Waals surface area contributed by atoms with Gasteiger partial charge in [-0.1, -0.05) is 55.8 Å². The molecule has 1 heterocycles. The van der Waals surface area contributed by atoms with Crippen molar-refractivity contribution >= 4 is 23.4 Å². The van der Waals surface area contributed by atoms with E-state index in [1.54, 1.807) is 13.2 Å². The molecule has 2 unspecified atom stereocenters. The summed E-state index contributed by atoms with van der Waals surface area (Å²) in [6, 6.07) is 13.0. The van der Waals surface area contributed by atoms with Crippen molar-refractivity contribution in [2.75, 3.05) is 14.2 Å². The average molecular weight is 496 g/mol. The topological polar surface area (TPSA) is 73.9 Å². The summed E-state index contributed by atoms with van der Waals surface area (Å²) in [6.45, 7) is 6.18. The molecular formula is C28H30ClNO5. The third-order valence-electron chi connectivity index (χ3n) is 6.53. The molecule has 2 aromatic rings. The number of ether oxygens (including phenoxy) is 3. The predicted molar refractivity (Wildman–Crippen MR) is 134 cm³/mol. The van der Waals surface area contributed by atoms with Crippen LogP contribution in [0.5, 0.6) is 11.5 Å². The lowest BCUT2D eigenvalue weighted by atomic mass is 9.66. The van der Waals surface area contributed by atoms with Crippen molar-refractivity contribution in [3.8, 4) is 11.5 Å². The van der Waals surface area contributed by atoms with Gasteiger partial charge in [0.05, 0.1) is 25.7 Å². The number of carbonyl (C=O) groups excluding carboxylic acids is 2. The zero-order chi connectivity index (χ0) is 25.3. The standard InChI is InChI=1S/C28H30ClNO5/c1-16-24(27(32)34-5)25(26-20(30-16)13-28(2,3)14-21(26)31)17-10-11-22(23(12-17)33-4)35-15-18-8-6-7-9-19(18)29/h6-13,25-26,30H,14-15H2,1-5H3. The normalized spacial score (nSPS) is 21.0. The van der Waals surface area contributed by atoms with Gasteiger partial charge in [0.1, 0.15) is 12.4 Å². The molecule has 0 radical (unpaired) electrons. The molecule has 0 aromatic heterocycles. The predicted octanol–water partition coefficient (Wildman–Crippen LogP) is 5.56. The minimum Gasteiger partial charge on any atom is -0.493 e. The highest BCUT2D eigenvalue weighted by atomic mass is 35.5. The molecule has 2 aromatic carbocycles. The number of fused-ring (bicyclic) bond motifs is 1. The fraction of sp³-hybridized carbons (Fsp3) is 0.357. The number of methoxy groups -OCH3 is 2. The average Bonchev–Trinajstić information content (AvgIpc) is 2.81. The first-order chi connectivity index (χ1) is 16.6. The molecule has 0 spiro atoms. The molecule has 2 aliphatic rings. The minimum absolute atomic E-state index is 0.0805. The van der Waals surface area contributed by atoms with Crippen LogP contribution in [0.3, 0.4) is 0 Å². The molecule has 0 saturated carbocycles. The van der Waals surface area contributed by atoms with E-state index >= 15 is 0 Å². The van der Waals surface area contributed by atoms with Gasteiger partial charge in [-0.05, 0) is 36.1 Å². The van der Waals surface area contributed by atoms with Crippen LogP contribution in [0.15, 0.2) is 65.5 Å². The summed E-state index contributed by atoms with van der Waals surface area (Å²) in [7, 11) is 2.91. The van der Waals surface area contributed by atoms with Crippen LogP contribution >= 0.6 is 11.6 Å². The van der Waals surface area contributed by atoms with E-state index in [0.717, 1.165) is 16.8 Å². The molecule has 1 N–H and O–H groups in total. The van der Waals surface area contributed by atoms with Crippen LogP contribution in [0, 0.1) is 11.3 Å². The number of hydrogen-bond donors (Lipinski definition) is 1. The maximum absolute atomic E-state index is 13.4. The molecule has 2 atom stereocenters. The molecule has 35 heavy (non-hydrogen) atoms. The molecule has 184 valence electrons. The Morgan fingerprint density at radius 2 is 1.86 bits per heavy atom. The molecular weight excluding hydrogens is 466 g/mol. The first-order valence-corrected chi connectivity index (χ1v) is 11.9. The van der Waals surface area contributed by atoms with Crippen LogP contribution in [0.4, 0.5) is 0 Å². The van der Waals surface area contributed by atoms with Gasteiger partial charge in [-0.15, -0.1) is 0 Å². The molecule has 1 aliphatic carbocycles. The summed E-state index contributed by atoms with van der Waals surface area (Å²) in [5.41, 5.74) is 3.30. The largest absolute Gasteiger partial charge is 0.493 e. The van der Waals surface area contributed by atoms with E-state index in [9.17, 15) is 9.59 Å². The number of carbonyl (C=O) groups is 2. The smallest absolute Gasteiger partial charge is 0.336 e. The first-order valence-electron chi connectivity index (χ1n) is 11.5. The van der Waals surface area contributed by atoms with Crippen LogP contribution < -0.4 is 14.8 Å². The minimum atomic E-state index is -0.513. The van der Waals surface area contributed by atoms with Gasteiger partial charge >= 0.3 is 5.97 Å². The van der Waals surface area contributed by atoms with Gasteiger partial charge in [0, 0.05) is 34.3 Å². The van der Waals surface area contributed by atoms with Crippen molar-refractivity contribution in [1.82, 2.24) is 5.32 Å². The summed E-state index contributed by atoms with van der Waals surface area (Å²) < 4.78 is 16.8. The molecule has 0 fully saturated rings. The fourth-order valence-electron chi connectivity index (χ4n) is 4.97. The number of benzene rings is 2. The maximum atomic E-state index is 13.4. The molecule has 1 aliphatic heterocycles. The summed E-state index contributed by atoms with van der Waals surface area (Å²) in [4.78, 5) is 26.2. The van der Waals surface area contributed by atoms with Crippen LogP contribution in [-0.4, -0.2) is 26.0 Å². The lowest BCUT2D eigenvalue weighted by Crippen LogP contribution is -2.43. The van der Waals surface area contributed by atoms with E-state index in [-0.39, 0.29) is 17.8 Å². The van der Waals surface area contributed by atoms with Crippen LogP contribution in [0.2, 0.25) is 5.02 Å². The Kier molecular flexibility index (Phi) is 6.95. The SMILES string of the molecule is COC(=O)C1=C(C)NC2=CC(C)(C)CC(=O)C2C1c1ccc(OCc2ccccc2Cl)c(OC)c1. The Hall–Kier alpha value is -3.25. The third kappa shape index (κ3) is 4.94. The molecule has 4 rings (SSSR count). The highest BCUT2D eigenvalue weighted by molar-refractivity contribution is 6.31. The van der Waals surface area contributed by atoms with E-state index in [1.165, 1.54) is 7.11 Å². The van der Waals surface area contributed by atoms with Gasteiger partial charge in [-0.3, -0.25) is 4.79 Å². The number of halogens is 1. The van der Waals surface area contributed by atoms with Crippen LogP contribution in [0.25, 0.3) is 0 Å². The monoisotopic (exact) mass is 495 g/mol. The van der Waals surface area contributed by atoms with E-state index in [2.05, 4.69) is 11.4 Å². The molecule has 0 saturated heterocycles. The second-order valence-corrected chi connectivity index (χ2v) is 10.0. The molecule has 0 bridgehead atoms. The summed E-state index contributed by atoms with van der Waals surface area (Å²) in [5.74, 6) is -0.363. The Morgan fingerprint density at radius 3 is 2.54 bits per heavy atom. The zero-order valence-corrected chi connectivity index (χ0v) is 21.4. The van der Waals surface area contributed by atoms with E-state index in [4.69, 9.17) is 25.8 Å². The summed E-state index contributed by atoms with van der Waals surface area (Å²) in [5, 5.41) is 3.93. The van der Waals surface area contributed by atoms with E-state index in [0.29, 0.717) is 34.2 Å². The lowest BCUT2D eigenvalue weighted by Gasteiger charge is -2.41. The van der Waals surface area contributed by atoms with Crippen molar-refractivity contribution < 1.29 is 23.8 Å². The number of allylic oxidation sites excluding steroid dienone is 3. The molecule has 7 heteroatoms. The summed E-state index contributed by atoms with van der Waals surface area (Å²) in [6.07, 6.45) is 2.49. The summed E-state index contributed by atoms with van der Waals surface area (Å²) >= 11 is 6.26. The van der Waals surface area contributed by atoms with Gasteiger partial charge < -0.3 is 19.5 Å². The van der Waals surface area contributed by atoms with Crippen LogP contribution in [-0.2, 0) is 20.9 Å². The van der Waals surface area contributed by atoms with Crippen LogP contribution in [0.1, 0.15) is 44.2 Å². The van der Waals surface area contributed by atoms with Crippen molar-refractivity contribution in [2.45, 2.75) is 39.7 Å². The van der Waals surface area contributed by atoms with Crippen molar-refractivity contribution in [3.63, 3.8) is 0 Å². The second-order valence-electron chi connectivity index (χ2n) is 9.63. The van der Waals surface area contributed by atoms with Crippen molar-refractivity contribution in [3.05, 3.63) is 81.7 Å². The highest BCUT2D eigenvalue weighted by Crippen LogP contribution is 2.48. The number of esters is 1. The number of ketones is 1. The third-order valence-corrected chi connectivity index (χ3v) is 6.90. The lowest BCUT2D eigenvalue weighted by molar-refractivity contribution is -0.136. The van der Waals surface area contributed by atoms with Crippen molar-refractivity contribution in [1.29, 1.82) is 0 Å². The fourth-order valence-corrected chi connectivity index (χ4v) is 5.16. The van der Waals surface area contributed by atoms with E-state index < -0.39 is 17.8 Å². The van der Waals surface area contributed by atoms with Gasteiger partial charge in [0.15, 0.2) is 11.5 Å². The number of Topliss-reactive ketones (excluding diaryl/α,β-unsaturated/α-hetero) is 1. The molecule has 0 amide bonds. The number of nitrogens with one attached hydrogen (secondary N) is 1. The van der Waals surface area contributed by atoms with Gasteiger partial charge in [0.25, 0.3) is 0 Å². The Labute approximate surface area is 210 Å². The van der Waals surface area contributed by atoms with Gasteiger partial charge in [-0.2, -0.15) is 0 Å². The number of rotatable bonds is 6. The second kappa shape index (κ2) is 9.78. The van der Waals surface area contributed by atoms with Gasteiger partial charge in [0.2, 0.25) is 0 Å². The Morgan fingerprint density at radius 1 is 1.11 bits per heavy atom. The van der Waals surface area contributed by atoms with E-state index in [1.807, 2.05) is 57.2 Å². The molecule has 6 nitrogen and oxygen atoms in total. The highest BCUT2D eigenvalue weighted by Gasteiger charge is 2.46. The maximum Gasteiger partial charge on any atom is 0.336 e. The zero-order valence-electron chi connectivity index (χ0n) is 20.6.